The normalized spacial score (nSPS) is 17.6. The van der Waals surface area contributed by atoms with Gasteiger partial charge >= 0.3 is 0 Å². The average Bonchev–Trinajstić information content (AvgIpc) is 2.72. The minimum absolute atomic E-state index is 0.00578. The highest BCUT2D eigenvalue weighted by atomic mass is 32.2. The highest BCUT2D eigenvalue weighted by Crippen LogP contribution is 2.33. The molecule has 0 spiro atoms. The predicted molar refractivity (Wildman–Crippen MR) is 73.3 cm³/mol. The number of nitrogens with zero attached hydrogens (tertiary/aromatic N) is 2. The number of fused-ring (bicyclic) bond motifs is 1. The Kier molecular flexibility index (Phi) is 4.01. The monoisotopic (exact) mass is 285 g/mol. The van der Waals surface area contributed by atoms with E-state index in [1.165, 1.54) is 16.3 Å². The van der Waals surface area contributed by atoms with E-state index in [9.17, 15) is 9.59 Å². The van der Waals surface area contributed by atoms with Crippen LogP contribution in [0.1, 0.15) is 12.6 Å². The Morgan fingerprint density at radius 1 is 1.67 bits per heavy atom. The summed E-state index contributed by atoms with van der Waals surface area (Å²) in [6.07, 6.45) is 0.823. The molecule has 18 heavy (non-hydrogen) atoms. The predicted octanol–water partition coefficient (Wildman–Crippen LogP) is 0.655. The van der Waals surface area contributed by atoms with E-state index in [1.54, 1.807) is 25.9 Å². The van der Waals surface area contributed by atoms with Gasteiger partial charge in [0.15, 0.2) is 5.16 Å². The number of hydrogen-bond acceptors (Lipinski definition) is 5. The van der Waals surface area contributed by atoms with E-state index in [1.807, 2.05) is 0 Å². The van der Waals surface area contributed by atoms with Crippen LogP contribution in [-0.4, -0.2) is 33.5 Å². The second-order valence-corrected chi connectivity index (χ2v) is 6.52. The van der Waals surface area contributed by atoms with Gasteiger partial charge in [-0.15, -0.1) is 11.8 Å². The van der Waals surface area contributed by atoms with Crippen LogP contribution in [0.5, 0.6) is 0 Å². The van der Waals surface area contributed by atoms with Crippen molar-refractivity contribution in [3.05, 3.63) is 16.0 Å². The van der Waals surface area contributed by atoms with Gasteiger partial charge in [0.25, 0.3) is 5.56 Å². The van der Waals surface area contributed by atoms with E-state index < -0.39 is 0 Å². The fraction of sp³-hybridized carbons (Fsp3) is 0.545. The molecule has 7 heteroatoms. The Bertz CT molecular complexity index is 542. The number of hydrogen-bond donors (Lipinski definition) is 1. The average molecular weight is 285 g/mol. The molecule has 5 nitrogen and oxygen atoms in total. The molecule has 1 atom stereocenters. The number of thioether (sulfide) groups is 2. The number of aromatic nitrogens is 2. The van der Waals surface area contributed by atoms with Crippen molar-refractivity contribution in [3.63, 3.8) is 0 Å². The van der Waals surface area contributed by atoms with Crippen LogP contribution in [0.15, 0.2) is 14.8 Å². The maximum atomic E-state index is 12.1. The van der Waals surface area contributed by atoms with Crippen molar-refractivity contribution in [2.75, 3.05) is 12.8 Å². The summed E-state index contributed by atoms with van der Waals surface area (Å²) >= 11 is 2.88. The van der Waals surface area contributed by atoms with E-state index in [-0.39, 0.29) is 17.2 Å². The van der Waals surface area contributed by atoms with Gasteiger partial charge < -0.3 is 5.32 Å². The molecule has 0 fully saturated rings. The topological polar surface area (TPSA) is 64.0 Å². The lowest BCUT2D eigenvalue weighted by atomic mass is 10.2. The molecule has 0 aliphatic carbocycles. The second-order valence-electron chi connectivity index (χ2n) is 4.13. The van der Waals surface area contributed by atoms with Gasteiger partial charge in [0, 0.05) is 25.8 Å². The maximum absolute atomic E-state index is 12.1. The second kappa shape index (κ2) is 5.36. The Balaban J connectivity index is 2.28. The van der Waals surface area contributed by atoms with Crippen molar-refractivity contribution in [1.29, 1.82) is 0 Å². The Hall–Kier alpha value is -0.950. The molecular formula is C11H15N3O2S2. The lowest BCUT2D eigenvalue weighted by Crippen LogP contribution is -2.24. The molecule has 1 N–H and O–H groups in total. The van der Waals surface area contributed by atoms with Gasteiger partial charge in [-0.25, -0.2) is 4.98 Å². The zero-order valence-corrected chi connectivity index (χ0v) is 12.2. The van der Waals surface area contributed by atoms with Crippen molar-refractivity contribution in [2.45, 2.75) is 28.6 Å². The first-order valence-corrected chi connectivity index (χ1v) is 7.49. The first-order chi connectivity index (χ1) is 8.52. The van der Waals surface area contributed by atoms with Crippen LogP contribution < -0.4 is 10.9 Å². The highest BCUT2D eigenvalue weighted by molar-refractivity contribution is 8.00. The zero-order valence-electron chi connectivity index (χ0n) is 10.5. The summed E-state index contributed by atoms with van der Waals surface area (Å²) in [6, 6.07) is 0. The van der Waals surface area contributed by atoms with Gasteiger partial charge in [-0.2, -0.15) is 0 Å². The van der Waals surface area contributed by atoms with Gasteiger partial charge in [0.05, 0.1) is 16.3 Å². The number of nitrogens with one attached hydrogen (secondary N) is 1. The summed E-state index contributed by atoms with van der Waals surface area (Å²) in [5, 5.41) is 3.56. The zero-order chi connectivity index (χ0) is 13.3. The van der Waals surface area contributed by atoms with Crippen LogP contribution in [0.2, 0.25) is 0 Å². The molecule has 0 radical (unpaired) electrons. The summed E-state index contributed by atoms with van der Waals surface area (Å²) in [5.41, 5.74) is 0.865. The number of carbonyl (C=O) groups is 1. The smallest absolute Gasteiger partial charge is 0.267 e. The van der Waals surface area contributed by atoms with Crippen LogP contribution in [0, 0.1) is 0 Å². The van der Waals surface area contributed by atoms with E-state index >= 15 is 0 Å². The molecule has 0 bridgehead atoms. The third kappa shape index (κ3) is 2.56. The first-order valence-electron chi connectivity index (χ1n) is 5.63. The van der Waals surface area contributed by atoms with Crippen LogP contribution in [-0.2, 0) is 18.3 Å². The summed E-state index contributed by atoms with van der Waals surface area (Å²) in [7, 11) is 3.29. The third-order valence-corrected chi connectivity index (χ3v) is 4.93. The molecule has 0 aromatic carbocycles. The summed E-state index contributed by atoms with van der Waals surface area (Å²) in [6.45, 7) is 2.09. The third-order valence-electron chi connectivity index (χ3n) is 2.69. The maximum Gasteiger partial charge on any atom is 0.267 e. The standard InChI is InChI=1S/C11H15N3O2S2/c1-6-4-7-9(18-6)10(16)14(3)11(13-7)17-5-8(15)12-2/h6H,4-5H2,1-3H3,(H,12,15)/t6-/m1/s1. The fourth-order valence-corrected chi connectivity index (χ4v) is 3.71. The summed E-state index contributed by atoms with van der Waals surface area (Å²) in [4.78, 5) is 28.6. The van der Waals surface area contributed by atoms with Crippen LogP contribution in [0.4, 0.5) is 0 Å². The Morgan fingerprint density at radius 3 is 3.06 bits per heavy atom. The van der Waals surface area contributed by atoms with Gasteiger partial charge in [-0.1, -0.05) is 18.7 Å². The minimum Gasteiger partial charge on any atom is -0.358 e. The van der Waals surface area contributed by atoms with Gasteiger partial charge in [-0.05, 0) is 0 Å². The molecule has 0 unspecified atom stereocenters. The van der Waals surface area contributed by atoms with Crippen molar-refractivity contribution < 1.29 is 4.79 Å². The van der Waals surface area contributed by atoms with Gasteiger partial charge in [0.1, 0.15) is 0 Å². The quantitative estimate of drug-likeness (QED) is 0.653. The van der Waals surface area contributed by atoms with Crippen molar-refractivity contribution in [1.82, 2.24) is 14.9 Å². The highest BCUT2D eigenvalue weighted by Gasteiger charge is 2.25. The molecule has 1 aromatic rings. The van der Waals surface area contributed by atoms with Crippen molar-refractivity contribution in [3.8, 4) is 0 Å². The molecule has 1 aliphatic rings. The SMILES string of the molecule is CNC(=O)CSc1nc2c(c(=O)n1C)S[C@H](C)C2. The summed E-state index contributed by atoms with van der Waals surface area (Å²) < 4.78 is 1.53. The minimum atomic E-state index is -0.0718. The van der Waals surface area contributed by atoms with Gasteiger partial charge in [-0.3, -0.25) is 14.2 Å². The molecule has 1 aliphatic heterocycles. The largest absolute Gasteiger partial charge is 0.358 e. The molecule has 2 heterocycles. The van der Waals surface area contributed by atoms with Crippen LogP contribution in [0.25, 0.3) is 0 Å². The lowest BCUT2D eigenvalue weighted by molar-refractivity contribution is -0.118. The van der Waals surface area contributed by atoms with Crippen LogP contribution in [0.3, 0.4) is 0 Å². The number of rotatable bonds is 3. The van der Waals surface area contributed by atoms with E-state index in [4.69, 9.17) is 0 Å². The van der Waals surface area contributed by atoms with Crippen molar-refractivity contribution in [2.24, 2.45) is 7.05 Å². The molecular weight excluding hydrogens is 270 g/mol. The molecule has 1 amide bonds. The summed E-state index contributed by atoms with van der Waals surface area (Å²) in [5.74, 6) is 0.204. The molecule has 98 valence electrons. The van der Waals surface area contributed by atoms with Crippen LogP contribution >= 0.6 is 23.5 Å². The Labute approximate surface area is 114 Å². The molecule has 0 saturated heterocycles. The molecule has 1 aromatic heterocycles. The number of amides is 1. The van der Waals surface area contributed by atoms with E-state index in [0.29, 0.717) is 10.4 Å². The van der Waals surface area contributed by atoms with E-state index in [2.05, 4.69) is 17.2 Å². The Morgan fingerprint density at radius 2 is 2.39 bits per heavy atom. The van der Waals surface area contributed by atoms with Crippen molar-refractivity contribution >= 4 is 29.4 Å². The van der Waals surface area contributed by atoms with Gasteiger partial charge in [0.2, 0.25) is 5.91 Å². The lowest BCUT2D eigenvalue weighted by Gasteiger charge is -2.08. The molecule has 0 saturated carbocycles. The molecule has 2 rings (SSSR count). The number of carbonyl (C=O) groups excluding carboxylic acids is 1. The first kappa shape index (κ1) is 13.5. The van der Waals surface area contributed by atoms with E-state index in [0.717, 1.165) is 17.0 Å². The fourth-order valence-electron chi connectivity index (χ4n) is 1.71.